The number of para-hydroxylation sites is 1. The number of benzene rings is 3. The summed E-state index contributed by atoms with van der Waals surface area (Å²) in [4.78, 5) is 13.3. The first-order valence-corrected chi connectivity index (χ1v) is 14.0. The Morgan fingerprint density at radius 2 is 1.68 bits per heavy atom. The van der Waals surface area contributed by atoms with Gasteiger partial charge in [-0.05, 0) is 65.6 Å². The van der Waals surface area contributed by atoms with Crippen molar-refractivity contribution >= 4 is 33.4 Å². The highest BCUT2D eigenvalue weighted by Gasteiger charge is 2.23. The zero-order valence-corrected chi connectivity index (χ0v) is 22.8. The molecule has 0 bridgehead atoms. The summed E-state index contributed by atoms with van der Waals surface area (Å²) in [5, 5.41) is 21.0. The van der Waals surface area contributed by atoms with Crippen LogP contribution in [0.15, 0.2) is 71.6 Å². The third kappa shape index (κ3) is 7.87. The number of sulfonamides is 1. The van der Waals surface area contributed by atoms with E-state index in [0.717, 1.165) is 5.56 Å². The number of hydrogen-bond donors (Lipinski definition) is 3. The molecule has 1 atom stereocenters. The molecule has 0 radical (unpaired) electrons. The van der Waals surface area contributed by atoms with Gasteiger partial charge in [0.05, 0.1) is 10.6 Å². The van der Waals surface area contributed by atoms with Gasteiger partial charge in [-0.3, -0.25) is 4.72 Å². The summed E-state index contributed by atoms with van der Waals surface area (Å²) in [6.07, 6.45) is -0.135. The van der Waals surface area contributed by atoms with Gasteiger partial charge in [-0.15, -0.1) is 0 Å². The van der Waals surface area contributed by atoms with Gasteiger partial charge in [0.1, 0.15) is 5.75 Å². The lowest BCUT2D eigenvalue weighted by molar-refractivity contribution is 0.134. The molecule has 0 aromatic heterocycles. The van der Waals surface area contributed by atoms with Crippen LogP contribution in [0.25, 0.3) is 0 Å². The van der Waals surface area contributed by atoms with Crippen molar-refractivity contribution < 1.29 is 23.4 Å². The zero-order chi connectivity index (χ0) is 27.2. The molecule has 0 spiro atoms. The minimum atomic E-state index is -3.99. The Bertz CT molecular complexity index is 1330. The highest BCUT2D eigenvalue weighted by Crippen LogP contribution is 2.32. The van der Waals surface area contributed by atoms with Crippen molar-refractivity contribution in [3.63, 3.8) is 0 Å². The first kappa shape index (κ1) is 28.3. The van der Waals surface area contributed by atoms with Gasteiger partial charge in [-0.25, -0.2) is 13.2 Å². The second-order valence-electron chi connectivity index (χ2n) is 9.73. The average molecular weight is 545 g/mol. The summed E-state index contributed by atoms with van der Waals surface area (Å²) >= 11 is 6.11. The predicted molar refractivity (Wildman–Crippen MR) is 147 cm³/mol. The molecule has 0 saturated heterocycles. The SMILES string of the molecule is CC(C)Cc1cc(Cl)ccc1S(=O)(=O)Nc1cccc(C[C@@H](C)CN(Cc2ccccc2)C(=O)O)c1O. The smallest absolute Gasteiger partial charge is 0.407 e. The van der Waals surface area contributed by atoms with E-state index in [2.05, 4.69) is 4.72 Å². The second-order valence-corrected chi connectivity index (χ2v) is 11.8. The fourth-order valence-electron chi connectivity index (χ4n) is 4.28. The number of carbonyl (C=O) groups is 1. The summed E-state index contributed by atoms with van der Waals surface area (Å²) in [7, 11) is -3.99. The number of amides is 1. The van der Waals surface area contributed by atoms with E-state index in [1.165, 1.54) is 23.1 Å². The van der Waals surface area contributed by atoms with Crippen LogP contribution in [-0.4, -0.2) is 36.2 Å². The molecule has 3 N–H and O–H groups in total. The summed E-state index contributed by atoms with van der Waals surface area (Å²) < 4.78 is 29.0. The highest BCUT2D eigenvalue weighted by molar-refractivity contribution is 7.92. The van der Waals surface area contributed by atoms with Crippen LogP contribution in [0, 0.1) is 11.8 Å². The molecule has 9 heteroatoms. The van der Waals surface area contributed by atoms with Gasteiger partial charge in [0, 0.05) is 18.1 Å². The highest BCUT2D eigenvalue weighted by atomic mass is 35.5. The van der Waals surface area contributed by atoms with E-state index in [9.17, 15) is 23.4 Å². The van der Waals surface area contributed by atoms with E-state index in [1.807, 2.05) is 51.1 Å². The maximum atomic E-state index is 13.3. The van der Waals surface area contributed by atoms with Crippen LogP contribution in [0.3, 0.4) is 0 Å². The Labute approximate surface area is 223 Å². The van der Waals surface area contributed by atoms with E-state index < -0.39 is 16.1 Å². The molecule has 0 unspecified atom stereocenters. The van der Waals surface area contributed by atoms with Crippen LogP contribution >= 0.6 is 11.6 Å². The van der Waals surface area contributed by atoms with Crippen LogP contribution in [0.1, 0.15) is 37.5 Å². The van der Waals surface area contributed by atoms with Crippen molar-refractivity contribution in [1.82, 2.24) is 4.90 Å². The molecule has 198 valence electrons. The monoisotopic (exact) mass is 544 g/mol. The number of phenolic OH excluding ortho intramolecular Hbond substituents is 1. The quantitative estimate of drug-likeness (QED) is 0.242. The number of aromatic hydroxyl groups is 1. The van der Waals surface area contributed by atoms with Gasteiger partial charge in [0.15, 0.2) is 0 Å². The Morgan fingerprint density at radius 3 is 2.32 bits per heavy atom. The number of nitrogens with zero attached hydrogens (tertiary/aromatic N) is 1. The number of hydrogen-bond acceptors (Lipinski definition) is 4. The first-order chi connectivity index (χ1) is 17.5. The van der Waals surface area contributed by atoms with Gasteiger partial charge in [-0.1, -0.05) is 74.8 Å². The van der Waals surface area contributed by atoms with E-state index in [1.54, 1.807) is 18.2 Å². The lowest BCUT2D eigenvalue weighted by Gasteiger charge is -2.24. The van der Waals surface area contributed by atoms with Gasteiger partial charge in [0.25, 0.3) is 10.0 Å². The van der Waals surface area contributed by atoms with Crippen LogP contribution in [-0.2, 0) is 29.4 Å². The molecule has 7 nitrogen and oxygen atoms in total. The third-order valence-electron chi connectivity index (χ3n) is 5.89. The molecule has 37 heavy (non-hydrogen) atoms. The lowest BCUT2D eigenvalue weighted by atomic mass is 9.99. The van der Waals surface area contributed by atoms with Crippen molar-refractivity contribution in [2.24, 2.45) is 11.8 Å². The fraction of sp³-hybridized carbons (Fsp3) is 0.321. The van der Waals surface area contributed by atoms with Crippen molar-refractivity contribution in [3.05, 3.63) is 88.4 Å². The lowest BCUT2D eigenvalue weighted by Crippen LogP contribution is -2.33. The normalized spacial score (nSPS) is 12.4. The molecule has 3 aromatic rings. The topological polar surface area (TPSA) is 107 Å². The van der Waals surface area contributed by atoms with E-state index in [0.29, 0.717) is 29.0 Å². The largest absolute Gasteiger partial charge is 0.505 e. The second kappa shape index (κ2) is 12.3. The molecule has 0 heterocycles. The van der Waals surface area contributed by atoms with Gasteiger partial charge >= 0.3 is 6.09 Å². The Hall–Kier alpha value is -3.23. The molecule has 3 rings (SSSR count). The number of phenols is 1. The molecule has 0 aliphatic rings. The molecule has 0 aliphatic heterocycles. The summed E-state index contributed by atoms with van der Waals surface area (Å²) in [6.45, 7) is 6.39. The van der Waals surface area contributed by atoms with Gasteiger partial charge < -0.3 is 15.1 Å². The summed E-state index contributed by atoms with van der Waals surface area (Å²) in [5.74, 6) is -0.0911. The van der Waals surface area contributed by atoms with Crippen LogP contribution in [0.2, 0.25) is 5.02 Å². The first-order valence-electron chi connectivity index (χ1n) is 12.1. The fourth-order valence-corrected chi connectivity index (χ4v) is 5.77. The molecule has 0 aliphatic carbocycles. The number of anilines is 1. The molecule has 0 fully saturated rings. The minimum Gasteiger partial charge on any atom is -0.505 e. The number of halogens is 1. The predicted octanol–water partition coefficient (Wildman–Crippen LogP) is 6.40. The van der Waals surface area contributed by atoms with Crippen molar-refractivity contribution in [3.8, 4) is 5.75 Å². The van der Waals surface area contributed by atoms with E-state index in [-0.39, 0.29) is 41.3 Å². The summed E-state index contributed by atoms with van der Waals surface area (Å²) in [5.41, 5.74) is 2.08. The third-order valence-corrected chi connectivity index (χ3v) is 7.59. The van der Waals surface area contributed by atoms with Crippen molar-refractivity contribution in [2.45, 2.75) is 45.1 Å². The molecule has 1 amide bonds. The Balaban J connectivity index is 1.77. The standard InChI is InChI=1S/C28H33ClN2O5S/c1-19(2)14-23-16-24(29)12-13-26(23)37(35,36)30-25-11-7-10-22(27(25)32)15-20(3)17-31(28(33)34)18-21-8-5-4-6-9-21/h4-13,16,19-20,30,32H,14-15,17-18H2,1-3H3,(H,33,34)/t20-/m1/s1. The number of carboxylic acid groups (broad SMARTS) is 1. The van der Waals surface area contributed by atoms with E-state index >= 15 is 0 Å². The summed E-state index contributed by atoms with van der Waals surface area (Å²) in [6, 6.07) is 18.9. The maximum Gasteiger partial charge on any atom is 0.407 e. The number of rotatable bonds is 11. The van der Waals surface area contributed by atoms with Crippen LogP contribution in [0.5, 0.6) is 5.75 Å². The molecular weight excluding hydrogens is 512 g/mol. The Kier molecular flexibility index (Phi) is 9.45. The van der Waals surface area contributed by atoms with Crippen molar-refractivity contribution in [2.75, 3.05) is 11.3 Å². The molecule has 3 aromatic carbocycles. The van der Waals surface area contributed by atoms with Gasteiger partial charge in [-0.2, -0.15) is 0 Å². The number of nitrogens with one attached hydrogen (secondary N) is 1. The zero-order valence-electron chi connectivity index (χ0n) is 21.2. The van der Waals surface area contributed by atoms with Crippen LogP contribution < -0.4 is 4.72 Å². The molecular formula is C28H33ClN2O5S. The van der Waals surface area contributed by atoms with Crippen molar-refractivity contribution in [1.29, 1.82) is 0 Å². The molecule has 0 saturated carbocycles. The average Bonchev–Trinajstić information content (AvgIpc) is 2.81. The van der Waals surface area contributed by atoms with E-state index in [4.69, 9.17) is 11.6 Å². The van der Waals surface area contributed by atoms with Gasteiger partial charge in [0.2, 0.25) is 0 Å². The van der Waals surface area contributed by atoms with Crippen LogP contribution in [0.4, 0.5) is 10.5 Å². The Morgan fingerprint density at radius 1 is 0.973 bits per heavy atom. The maximum absolute atomic E-state index is 13.3. The minimum absolute atomic E-state index is 0.0644.